The van der Waals surface area contributed by atoms with Crippen molar-refractivity contribution in [2.24, 2.45) is 7.05 Å². The summed E-state index contributed by atoms with van der Waals surface area (Å²) in [6, 6.07) is 11.3. The number of benzene rings is 1. The second-order valence-corrected chi connectivity index (χ2v) is 7.07. The number of carbonyl (C=O) groups is 1. The van der Waals surface area contributed by atoms with E-state index in [2.05, 4.69) is 15.5 Å². The average molecular weight is 385 g/mol. The molecule has 2 aromatic heterocycles. The zero-order valence-electron chi connectivity index (χ0n) is 14.1. The van der Waals surface area contributed by atoms with E-state index >= 15 is 0 Å². The van der Waals surface area contributed by atoms with Gasteiger partial charge in [-0.1, -0.05) is 23.9 Å². The molecule has 9 heteroatoms. The molecule has 7 nitrogen and oxygen atoms in total. The minimum atomic E-state index is -0.195. The lowest BCUT2D eigenvalue weighted by atomic mass is 10.2. The van der Waals surface area contributed by atoms with Crippen LogP contribution in [0.4, 0.5) is 5.00 Å². The topological polar surface area (TPSA) is 92.8 Å². The van der Waals surface area contributed by atoms with Crippen LogP contribution in [0.1, 0.15) is 5.56 Å². The van der Waals surface area contributed by atoms with Crippen molar-refractivity contribution in [1.82, 2.24) is 14.8 Å². The molecule has 0 radical (unpaired) electrons. The standard InChI is InChI=1S/C17H15N5O2S2/c1-22-15(11-4-3-5-13(8-11)24-2)20-21-17(22)26-10-14(23)19-16-12(9-18)6-7-25-16/h3-8H,10H2,1-2H3,(H,19,23). The average Bonchev–Trinajstić information content (AvgIpc) is 3.26. The van der Waals surface area contributed by atoms with Gasteiger partial charge in [-0.05, 0) is 23.6 Å². The molecule has 1 amide bonds. The van der Waals surface area contributed by atoms with Crippen molar-refractivity contribution >= 4 is 34.0 Å². The number of aromatic nitrogens is 3. The molecule has 0 unspecified atom stereocenters. The normalized spacial score (nSPS) is 10.3. The van der Waals surface area contributed by atoms with Crippen LogP contribution in [0, 0.1) is 11.3 Å². The number of ether oxygens (including phenoxy) is 1. The Hall–Kier alpha value is -2.83. The first-order valence-electron chi connectivity index (χ1n) is 7.56. The van der Waals surface area contributed by atoms with Crippen molar-refractivity contribution in [3.8, 4) is 23.2 Å². The van der Waals surface area contributed by atoms with Gasteiger partial charge in [0.25, 0.3) is 0 Å². The molecule has 132 valence electrons. The first kappa shape index (κ1) is 18.0. The minimum Gasteiger partial charge on any atom is -0.497 e. The SMILES string of the molecule is COc1cccc(-c2nnc(SCC(=O)Nc3sccc3C#N)n2C)c1. The number of carbonyl (C=O) groups excluding carboxylic acids is 1. The molecule has 26 heavy (non-hydrogen) atoms. The monoisotopic (exact) mass is 385 g/mol. The zero-order chi connectivity index (χ0) is 18.5. The fourth-order valence-electron chi connectivity index (χ4n) is 2.24. The highest BCUT2D eigenvalue weighted by Gasteiger charge is 2.14. The van der Waals surface area contributed by atoms with Crippen LogP contribution in [0.5, 0.6) is 5.75 Å². The Balaban J connectivity index is 1.67. The van der Waals surface area contributed by atoms with Crippen molar-refractivity contribution in [3.05, 3.63) is 41.3 Å². The maximum absolute atomic E-state index is 12.1. The van der Waals surface area contributed by atoms with Gasteiger partial charge < -0.3 is 14.6 Å². The molecule has 1 aromatic carbocycles. The van der Waals surface area contributed by atoms with E-state index in [-0.39, 0.29) is 11.7 Å². The molecule has 0 atom stereocenters. The molecule has 0 aliphatic rings. The molecule has 2 heterocycles. The highest BCUT2D eigenvalue weighted by atomic mass is 32.2. The molecule has 0 fully saturated rings. The second-order valence-electron chi connectivity index (χ2n) is 5.21. The fourth-order valence-corrected chi connectivity index (χ4v) is 3.71. The molecular weight excluding hydrogens is 370 g/mol. The smallest absolute Gasteiger partial charge is 0.235 e. The van der Waals surface area contributed by atoms with Crippen LogP contribution in [0.25, 0.3) is 11.4 Å². The third-order valence-electron chi connectivity index (χ3n) is 3.53. The maximum Gasteiger partial charge on any atom is 0.235 e. The van der Waals surface area contributed by atoms with Gasteiger partial charge in [0, 0.05) is 12.6 Å². The van der Waals surface area contributed by atoms with Gasteiger partial charge in [0.1, 0.15) is 16.8 Å². The lowest BCUT2D eigenvalue weighted by Gasteiger charge is -2.06. The van der Waals surface area contributed by atoms with Crippen LogP contribution in [0.15, 0.2) is 40.9 Å². The summed E-state index contributed by atoms with van der Waals surface area (Å²) in [5.41, 5.74) is 1.35. The van der Waals surface area contributed by atoms with E-state index in [1.54, 1.807) is 18.6 Å². The molecule has 0 aliphatic carbocycles. The molecule has 0 aliphatic heterocycles. The Morgan fingerprint density at radius 1 is 1.42 bits per heavy atom. The molecule has 3 aromatic rings. The number of amides is 1. The summed E-state index contributed by atoms with van der Waals surface area (Å²) in [6.45, 7) is 0. The predicted octanol–water partition coefficient (Wildman–Crippen LogP) is 3.15. The Kier molecular flexibility index (Phi) is 5.55. The molecule has 1 N–H and O–H groups in total. The number of anilines is 1. The van der Waals surface area contributed by atoms with Gasteiger partial charge in [0.05, 0.1) is 18.4 Å². The Morgan fingerprint density at radius 3 is 3.04 bits per heavy atom. The van der Waals surface area contributed by atoms with Gasteiger partial charge in [-0.3, -0.25) is 4.79 Å². The van der Waals surface area contributed by atoms with E-state index in [0.29, 0.717) is 21.5 Å². The van der Waals surface area contributed by atoms with Crippen molar-refractivity contribution in [3.63, 3.8) is 0 Å². The molecule has 0 bridgehead atoms. The number of nitrogens with one attached hydrogen (secondary N) is 1. The Bertz CT molecular complexity index is 974. The highest BCUT2D eigenvalue weighted by molar-refractivity contribution is 7.99. The van der Waals surface area contributed by atoms with Gasteiger partial charge in [-0.2, -0.15) is 5.26 Å². The van der Waals surface area contributed by atoms with E-state index in [1.807, 2.05) is 41.9 Å². The summed E-state index contributed by atoms with van der Waals surface area (Å²) in [7, 11) is 3.46. The van der Waals surface area contributed by atoms with Crippen molar-refractivity contribution in [1.29, 1.82) is 5.26 Å². The quantitative estimate of drug-likeness (QED) is 0.655. The first-order valence-corrected chi connectivity index (χ1v) is 9.43. The van der Waals surface area contributed by atoms with Gasteiger partial charge in [-0.25, -0.2) is 0 Å². The fraction of sp³-hybridized carbons (Fsp3) is 0.176. The van der Waals surface area contributed by atoms with Crippen LogP contribution in [-0.2, 0) is 11.8 Å². The minimum absolute atomic E-state index is 0.173. The molecular formula is C17H15N5O2S2. The van der Waals surface area contributed by atoms with Crippen LogP contribution in [0.3, 0.4) is 0 Å². The largest absolute Gasteiger partial charge is 0.497 e. The van der Waals surface area contributed by atoms with E-state index < -0.39 is 0 Å². The van der Waals surface area contributed by atoms with Crippen molar-refractivity contribution in [2.45, 2.75) is 5.16 Å². The van der Waals surface area contributed by atoms with Crippen LogP contribution < -0.4 is 10.1 Å². The molecule has 0 spiro atoms. The third-order valence-corrected chi connectivity index (χ3v) is 5.38. The highest BCUT2D eigenvalue weighted by Crippen LogP contribution is 2.26. The number of nitriles is 1. The van der Waals surface area contributed by atoms with Gasteiger partial charge in [-0.15, -0.1) is 21.5 Å². The Labute approximate surface area is 158 Å². The van der Waals surface area contributed by atoms with Gasteiger partial charge in [0.15, 0.2) is 11.0 Å². The van der Waals surface area contributed by atoms with Crippen LogP contribution in [-0.4, -0.2) is 33.5 Å². The van der Waals surface area contributed by atoms with Crippen molar-refractivity contribution < 1.29 is 9.53 Å². The number of methoxy groups -OCH3 is 1. The third kappa shape index (κ3) is 3.87. The number of rotatable bonds is 6. The molecule has 0 saturated carbocycles. The predicted molar refractivity (Wildman–Crippen MR) is 101 cm³/mol. The summed E-state index contributed by atoms with van der Waals surface area (Å²) in [5.74, 6) is 1.41. The van der Waals surface area contributed by atoms with Gasteiger partial charge >= 0.3 is 0 Å². The lowest BCUT2D eigenvalue weighted by molar-refractivity contribution is -0.113. The van der Waals surface area contributed by atoms with E-state index in [9.17, 15) is 4.79 Å². The molecule has 3 rings (SSSR count). The van der Waals surface area contributed by atoms with Crippen LogP contribution >= 0.6 is 23.1 Å². The lowest BCUT2D eigenvalue weighted by Crippen LogP contribution is -2.14. The number of thiophene rings is 1. The maximum atomic E-state index is 12.1. The van der Waals surface area contributed by atoms with E-state index in [1.165, 1.54) is 23.1 Å². The number of hydrogen-bond donors (Lipinski definition) is 1. The van der Waals surface area contributed by atoms with Crippen molar-refractivity contribution in [2.75, 3.05) is 18.2 Å². The first-order chi connectivity index (χ1) is 12.6. The summed E-state index contributed by atoms with van der Waals surface area (Å²) in [6.07, 6.45) is 0. The summed E-state index contributed by atoms with van der Waals surface area (Å²) in [4.78, 5) is 12.1. The number of hydrogen-bond acceptors (Lipinski definition) is 7. The van der Waals surface area contributed by atoms with Crippen LogP contribution in [0.2, 0.25) is 0 Å². The van der Waals surface area contributed by atoms with Gasteiger partial charge in [0.2, 0.25) is 5.91 Å². The number of thioether (sulfide) groups is 1. The van der Waals surface area contributed by atoms with E-state index in [4.69, 9.17) is 10.00 Å². The second kappa shape index (κ2) is 8.03. The summed E-state index contributed by atoms with van der Waals surface area (Å²) < 4.78 is 7.07. The zero-order valence-corrected chi connectivity index (χ0v) is 15.7. The molecule has 0 saturated heterocycles. The summed E-state index contributed by atoms with van der Waals surface area (Å²) >= 11 is 2.61. The number of nitrogens with zero attached hydrogens (tertiary/aromatic N) is 4. The Morgan fingerprint density at radius 2 is 2.27 bits per heavy atom. The summed E-state index contributed by atoms with van der Waals surface area (Å²) in [5, 5.41) is 23.1. The van der Waals surface area contributed by atoms with E-state index in [0.717, 1.165) is 11.3 Å².